The molecule has 2 atom stereocenters. The Bertz CT molecular complexity index is 506. The molecule has 21 heavy (non-hydrogen) atoms. The van der Waals surface area contributed by atoms with Crippen molar-refractivity contribution in [2.45, 2.75) is 50.6 Å². The van der Waals surface area contributed by atoms with Gasteiger partial charge < -0.3 is 15.7 Å². The monoisotopic (exact) mass is 289 g/mol. The molecule has 3 rings (SSSR count). The SMILES string of the molecule is O=Nc1c(O)cc(C2CCCCN2)cc1C1CCCCN1. The third kappa shape index (κ3) is 3.09. The summed E-state index contributed by atoms with van der Waals surface area (Å²) >= 11 is 0. The Morgan fingerprint density at radius 1 is 1.00 bits per heavy atom. The molecule has 2 aliphatic heterocycles. The molecule has 0 spiro atoms. The quantitative estimate of drug-likeness (QED) is 0.745. The summed E-state index contributed by atoms with van der Waals surface area (Å²) in [6, 6.07) is 4.16. The second-order valence-corrected chi connectivity index (χ2v) is 6.07. The minimum absolute atomic E-state index is 0.0113. The highest BCUT2D eigenvalue weighted by Gasteiger charge is 2.24. The Morgan fingerprint density at radius 3 is 2.24 bits per heavy atom. The molecule has 114 valence electrons. The van der Waals surface area contributed by atoms with Crippen molar-refractivity contribution < 1.29 is 5.11 Å². The van der Waals surface area contributed by atoms with Crippen LogP contribution < -0.4 is 10.6 Å². The molecule has 5 heteroatoms. The summed E-state index contributed by atoms with van der Waals surface area (Å²) in [4.78, 5) is 11.1. The molecule has 1 aromatic carbocycles. The van der Waals surface area contributed by atoms with Crippen LogP contribution >= 0.6 is 0 Å². The molecule has 2 fully saturated rings. The third-order valence-corrected chi connectivity index (χ3v) is 4.63. The van der Waals surface area contributed by atoms with Crippen molar-refractivity contribution >= 4 is 5.69 Å². The zero-order valence-electron chi connectivity index (χ0n) is 12.3. The van der Waals surface area contributed by atoms with Crippen molar-refractivity contribution in [1.29, 1.82) is 0 Å². The first kappa shape index (κ1) is 14.5. The largest absolute Gasteiger partial charge is 0.506 e. The molecule has 2 heterocycles. The second kappa shape index (κ2) is 6.54. The summed E-state index contributed by atoms with van der Waals surface area (Å²) in [7, 11) is 0. The van der Waals surface area contributed by atoms with Crippen molar-refractivity contribution in [1.82, 2.24) is 10.6 Å². The topological polar surface area (TPSA) is 73.7 Å². The minimum atomic E-state index is 0.0113. The van der Waals surface area contributed by atoms with Crippen molar-refractivity contribution in [3.63, 3.8) is 0 Å². The van der Waals surface area contributed by atoms with E-state index in [1.54, 1.807) is 6.07 Å². The molecule has 0 aromatic heterocycles. The van der Waals surface area contributed by atoms with Crippen LogP contribution in [-0.2, 0) is 0 Å². The fourth-order valence-corrected chi connectivity index (χ4v) is 3.48. The number of benzene rings is 1. The Labute approximate surface area is 125 Å². The van der Waals surface area contributed by atoms with E-state index in [9.17, 15) is 10.0 Å². The van der Waals surface area contributed by atoms with Crippen LogP contribution in [0.15, 0.2) is 17.3 Å². The lowest BCUT2D eigenvalue weighted by molar-refractivity contribution is 0.399. The van der Waals surface area contributed by atoms with Crippen LogP contribution in [0, 0.1) is 4.91 Å². The minimum Gasteiger partial charge on any atom is -0.506 e. The van der Waals surface area contributed by atoms with Crippen LogP contribution in [0.1, 0.15) is 61.7 Å². The zero-order chi connectivity index (χ0) is 14.7. The van der Waals surface area contributed by atoms with E-state index < -0.39 is 0 Å². The maximum atomic E-state index is 11.1. The summed E-state index contributed by atoms with van der Waals surface area (Å²) in [5, 5.41) is 20.2. The smallest absolute Gasteiger partial charge is 0.154 e. The van der Waals surface area contributed by atoms with Gasteiger partial charge in [0.2, 0.25) is 0 Å². The second-order valence-electron chi connectivity index (χ2n) is 6.07. The third-order valence-electron chi connectivity index (χ3n) is 4.63. The van der Waals surface area contributed by atoms with Gasteiger partial charge in [-0.3, -0.25) is 0 Å². The molecular formula is C16H23N3O2. The molecule has 5 nitrogen and oxygen atoms in total. The maximum absolute atomic E-state index is 11.1. The zero-order valence-corrected chi connectivity index (χ0v) is 12.3. The Balaban J connectivity index is 1.95. The van der Waals surface area contributed by atoms with E-state index >= 15 is 0 Å². The first-order valence-corrected chi connectivity index (χ1v) is 7.96. The highest BCUT2D eigenvalue weighted by atomic mass is 16.3. The molecule has 1 aromatic rings. The van der Waals surface area contributed by atoms with Crippen molar-refractivity contribution in [3.8, 4) is 5.75 Å². The highest BCUT2D eigenvalue weighted by molar-refractivity contribution is 5.60. The average molecular weight is 289 g/mol. The number of piperidine rings is 2. The molecule has 0 radical (unpaired) electrons. The number of hydrogen-bond donors (Lipinski definition) is 3. The van der Waals surface area contributed by atoms with Crippen LogP contribution in [0.5, 0.6) is 5.75 Å². The maximum Gasteiger partial charge on any atom is 0.154 e. The van der Waals surface area contributed by atoms with Crippen LogP contribution in [-0.4, -0.2) is 18.2 Å². The van der Waals surface area contributed by atoms with Gasteiger partial charge in [-0.15, -0.1) is 4.91 Å². The standard InChI is InChI=1S/C16H23N3O2/c20-15-10-11(13-5-1-3-7-17-13)9-12(16(15)19-21)14-6-2-4-8-18-14/h9-10,13-14,17-18,20H,1-8H2. The fraction of sp³-hybridized carbons (Fsp3) is 0.625. The van der Waals surface area contributed by atoms with E-state index in [1.807, 2.05) is 0 Å². The van der Waals surface area contributed by atoms with Crippen molar-refractivity contribution in [3.05, 3.63) is 28.2 Å². The van der Waals surface area contributed by atoms with E-state index in [-0.39, 0.29) is 23.5 Å². The molecule has 2 saturated heterocycles. The summed E-state index contributed by atoms with van der Waals surface area (Å²) in [5.74, 6) is 0.0113. The molecule has 0 saturated carbocycles. The number of nitroso groups, excluding NO2 is 1. The lowest BCUT2D eigenvalue weighted by Crippen LogP contribution is -2.28. The number of nitrogens with one attached hydrogen (secondary N) is 2. The summed E-state index contributed by atoms with van der Waals surface area (Å²) < 4.78 is 0. The van der Waals surface area contributed by atoms with E-state index in [2.05, 4.69) is 21.9 Å². The van der Waals surface area contributed by atoms with Gasteiger partial charge in [0, 0.05) is 17.6 Å². The Hall–Kier alpha value is -1.46. The Morgan fingerprint density at radius 2 is 1.67 bits per heavy atom. The van der Waals surface area contributed by atoms with E-state index in [1.165, 1.54) is 12.8 Å². The van der Waals surface area contributed by atoms with Gasteiger partial charge in [0.15, 0.2) is 5.69 Å². The predicted molar refractivity (Wildman–Crippen MR) is 82.8 cm³/mol. The lowest BCUT2D eigenvalue weighted by atomic mass is 9.90. The van der Waals surface area contributed by atoms with Gasteiger partial charge in [0.05, 0.1) is 0 Å². The predicted octanol–water partition coefficient (Wildman–Crippen LogP) is 3.42. The van der Waals surface area contributed by atoms with E-state index in [4.69, 9.17) is 0 Å². The molecule has 0 aliphatic carbocycles. The number of phenolic OH excluding ortho intramolecular Hbond substituents is 1. The van der Waals surface area contributed by atoms with Crippen molar-refractivity contribution in [2.75, 3.05) is 13.1 Å². The van der Waals surface area contributed by atoms with Gasteiger partial charge in [-0.2, -0.15) is 0 Å². The summed E-state index contributed by atoms with van der Waals surface area (Å²) in [6.45, 7) is 1.96. The Kier molecular flexibility index (Phi) is 4.51. The van der Waals surface area contributed by atoms with Gasteiger partial charge in [-0.25, -0.2) is 0 Å². The van der Waals surface area contributed by atoms with Crippen LogP contribution in [0.3, 0.4) is 0 Å². The van der Waals surface area contributed by atoms with Gasteiger partial charge in [-0.05, 0) is 55.6 Å². The number of rotatable bonds is 3. The van der Waals surface area contributed by atoms with Gasteiger partial charge in [0.25, 0.3) is 0 Å². The van der Waals surface area contributed by atoms with Gasteiger partial charge >= 0.3 is 0 Å². The molecule has 3 N–H and O–H groups in total. The normalized spacial score (nSPS) is 26.5. The number of nitrogens with zero attached hydrogens (tertiary/aromatic N) is 1. The molecule has 0 amide bonds. The van der Waals surface area contributed by atoms with Crippen LogP contribution in [0.2, 0.25) is 0 Å². The van der Waals surface area contributed by atoms with Crippen molar-refractivity contribution in [2.24, 2.45) is 5.18 Å². The number of phenols is 1. The van der Waals surface area contributed by atoms with Crippen LogP contribution in [0.4, 0.5) is 5.69 Å². The number of aromatic hydroxyl groups is 1. The first-order valence-electron chi connectivity index (χ1n) is 7.96. The summed E-state index contributed by atoms with van der Waals surface area (Å²) in [5.41, 5.74) is 2.13. The molecule has 2 aliphatic rings. The molecular weight excluding hydrogens is 266 g/mol. The van der Waals surface area contributed by atoms with E-state index in [0.29, 0.717) is 0 Å². The van der Waals surface area contributed by atoms with Gasteiger partial charge in [0.1, 0.15) is 5.75 Å². The first-order chi connectivity index (χ1) is 10.3. The molecule has 0 bridgehead atoms. The number of hydrogen-bond acceptors (Lipinski definition) is 5. The lowest BCUT2D eigenvalue weighted by Gasteiger charge is -2.28. The fourth-order valence-electron chi connectivity index (χ4n) is 3.48. The van der Waals surface area contributed by atoms with Crippen LogP contribution in [0.25, 0.3) is 0 Å². The molecule has 2 unspecified atom stereocenters. The van der Waals surface area contributed by atoms with E-state index in [0.717, 1.165) is 49.9 Å². The van der Waals surface area contributed by atoms with Gasteiger partial charge in [-0.1, -0.05) is 18.9 Å². The summed E-state index contributed by atoms with van der Waals surface area (Å²) in [6.07, 6.45) is 6.77. The highest BCUT2D eigenvalue weighted by Crippen LogP contribution is 2.40. The average Bonchev–Trinajstić information content (AvgIpc) is 2.55.